The summed E-state index contributed by atoms with van der Waals surface area (Å²) >= 11 is 0. The summed E-state index contributed by atoms with van der Waals surface area (Å²) in [6, 6.07) is 0. The van der Waals surface area contributed by atoms with Gasteiger partial charge in [0.2, 0.25) is 0 Å². The molecule has 0 spiro atoms. The third-order valence-corrected chi connectivity index (χ3v) is 4.81. The molecule has 1 unspecified atom stereocenters. The van der Waals surface area contributed by atoms with E-state index in [1.165, 1.54) is 70.6 Å². The number of allylic oxidation sites excluding steroid dienone is 3. The molecule has 0 aromatic rings. The second-order valence-corrected chi connectivity index (χ2v) is 7.36. The summed E-state index contributed by atoms with van der Waals surface area (Å²) in [6.45, 7) is 6.31. The molecular formula is C22H38O2. The predicted molar refractivity (Wildman–Crippen MR) is 103 cm³/mol. The quantitative estimate of drug-likeness (QED) is 0.192. The Morgan fingerprint density at radius 3 is 1.96 bits per heavy atom. The summed E-state index contributed by atoms with van der Waals surface area (Å²) < 4.78 is 5.11. The van der Waals surface area contributed by atoms with E-state index in [0.717, 1.165) is 24.2 Å². The van der Waals surface area contributed by atoms with Crippen molar-refractivity contribution in [3.63, 3.8) is 0 Å². The smallest absolute Gasteiger partial charge is 0.321 e. The van der Waals surface area contributed by atoms with Crippen LogP contribution in [0.3, 0.4) is 0 Å². The number of unbranched alkanes of at least 4 members (excludes halogenated alkanes) is 10. The lowest BCUT2D eigenvalue weighted by Gasteiger charge is -2.29. The van der Waals surface area contributed by atoms with Crippen LogP contribution in [0.1, 0.15) is 104 Å². The second kappa shape index (κ2) is 13.3. The molecule has 1 aliphatic rings. The normalized spacial score (nSPS) is 17.2. The number of hydrogen-bond donors (Lipinski definition) is 0. The molecule has 1 heterocycles. The minimum absolute atomic E-state index is 0.0242. The highest BCUT2D eigenvalue weighted by Gasteiger charge is 2.37. The van der Waals surface area contributed by atoms with E-state index in [-0.39, 0.29) is 11.9 Å². The highest BCUT2D eigenvalue weighted by atomic mass is 16.6. The van der Waals surface area contributed by atoms with Crippen LogP contribution in [-0.2, 0) is 9.53 Å². The van der Waals surface area contributed by atoms with Gasteiger partial charge in [0, 0.05) is 0 Å². The first-order valence-electron chi connectivity index (χ1n) is 10.2. The van der Waals surface area contributed by atoms with Gasteiger partial charge in [0.25, 0.3) is 0 Å². The van der Waals surface area contributed by atoms with Crippen molar-refractivity contribution in [3.05, 3.63) is 23.5 Å². The van der Waals surface area contributed by atoms with Gasteiger partial charge in [0.1, 0.15) is 11.7 Å². The third kappa shape index (κ3) is 8.70. The van der Waals surface area contributed by atoms with Gasteiger partial charge in [-0.25, -0.2) is 0 Å². The van der Waals surface area contributed by atoms with Crippen molar-refractivity contribution in [2.75, 3.05) is 0 Å². The molecule has 0 N–H and O–H groups in total. The average Bonchev–Trinajstić information content (AvgIpc) is 2.55. The fourth-order valence-corrected chi connectivity index (χ4v) is 3.24. The fourth-order valence-electron chi connectivity index (χ4n) is 3.24. The summed E-state index contributed by atoms with van der Waals surface area (Å²) in [5, 5.41) is 0. The van der Waals surface area contributed by atoms with Crippen molar-refractivity contribution in [1.82, 2.24) is 0 Å². The van der Waals surface area contributed by atoms with Crippen molar-refractivity contribution >= 4 is 5.97 Å². The molecule has 2 nitrogen and oxygen atoms in total. The van der Waals surface area contributed by atoms with Crippen LogP contribution in [0, 0.1) is 5.92 Å². The first kappa shape index (κ1) is 21.0. The molecule has 1 fully saturated rings. The van der Waals surface area contributed by atoms with E-state index < -0.39 is 0 Å². The summed E-state index contributed by atoms with van der Waals surface area (Å²) in [7, 11) is 0. The predicted octanol–water partition coefficient (Wildman–Crippen LogP) is 7.10. The molecule has 24 heavy (non-hydrogen) atoms. The molecule has 138 valence electrons. The monoisotopic (exact) mass is 334 g/mol. The maximum Gasteiger partial charge on any atom is 0.321 e. The zero-order valence-electron chi connectivity index (χ0n) is 16.2. The average molecular weight is 335 g/mol. The van der Waals surface area contributed by atoms with E-state index in [4.69, 9.17) is 4.74 Å². The van der Waals surface area contributed by atoms with Crippen molar-refractivity contribution in [2.45, 2.75) is 104 Å². The largest absolute Gasteiger partial charge is 0.430 e. The molecular weight excluding hydrogens is 296 g/mol. The Morgan fingerprint density at radius 1 is 0.875 bits per heavy atom. The third-order valence-electron chi connectivity index (χ3n) is 4.81. The molecule has 0 aliphatic carbocycles. The van der Waals surface area contributed by atoms with E-state index in [0.29, 0.717) is 0 Å². The summed E-state index contributed by atoms with van der Waals surface area (Å²) in [5.74, 6) is 0.966. The topological polar surface area (TPSA) is 26.3 Å². The van der Waals surface area contributed by atoms with Crippen LogP contribution in [-0.4, -0.2) is 5.97 Å². The van der Waals surface area contributed by atoms with Gasteiger partial charge in [0.15, 0.2) is 0 Å². The number of hydrogen-bond acceptors (Lipinski definition) is 2. The number of carbonyl (C=O) groups is 1. The Hall–Kier alpha value is -1.05. The Morgan fingerprint density at radius 2 is 1.42 bits per heavy atom. The van der Waals surface area contributed by atoms with Gasteiger partial charge >= 0.3 is 5.97 Å². The van der Waals surface area contributed by atoms with Crippen molar-refractivity contribution in [3.8, 4) is 0 Å². The maximum absolute atomic E-state index is 11.4. The van der Waals surface area contributed by atoms with Crippen molar-refractivity contribution < 1.29 is 9.53 Å². The van der Waals surface area contributed by atoms with Gasteiger partial charge in [-0.1, -0.05) is 70.4 Å². The lowest BCUT2D eigenvalue weighted by molar-refractivity contribution is -0.157. The highest BCUT2D eigenvalue weighted by molar-refractivity contribution is 5.83. The van der Waals surface area contributed by atoms with Crippen LogP contribution < -0.4 is 0 Å². The van der Waals surface area contributed by atoms with Crippen LogP contribution in [0.15, 0.2) is 23.5 Å². The van der Waals surface area contributed by atoms with Crippen LogP contribution in [0.4, 0.5) is 0 Å². The van der Waals surface area contributed by atoms with E-state index in [9.17, 15) is 4.79 Å². The van der Waals surface area contributed by atoms with Gasteiger partial charge < -0.3 is 4.74 Å². The summed E-state index contributed by atoms with van der Waals surface area (Å²) in [4.78, 5) is 11.4. The van der Waals surface area contributed by atoms with Crippen LogP contribution >= 0.6 is 0 Å². The van der Waals surface area contributed by atoms with Crippen molar-refractivity contribution in [2.24, 2.45) is 5.92 Å². The summed E-state index contributed by atoms with van der Waals surface area (Å²) in [6.07, 6.45) is 21.4. The van der Waals surface area contributed by atoms with Gasteiger partial charge in [-0.2, -0.15) is 0 Å². The van der Waals surface area contributed by atoms with Gasteiger partial charge in [0.05, 0.1) is 0 Å². The Kier molecular flexibility index (Phi) is 11.6. The van der Waals surface area contributed by atoms with Gasteiger partial charge in [-0.15, -0.1) is 0 Å². The van der Waals surface area contributed by atoms with E-state index in [1.54, 1.807) is 0 Å². The fraction of sp³-hybridized carbons (Fsp3) is 0.773. The van der Waals surface area contributed by atoms with Crippen LogP contribution in [0.5, 0.6) is 0 Å². The zero-order chi connectivity index (χ0) is 17.6. The molecule has 2 heteroatoms. The molecule has 0 amide bonds. The number of ether oxygens (including phenoxy) is 1. The van der Waals surface area contributed by atoms with E-state index in [2.05, 4.69) is 19.1 Å². The molecule has 1 rings (SSSR count). The minimum Gasteiger partial charge on any atom is -0.430 e. The molecule has 0 saturated carbocycles. The number of esters is 1. The summed E-state index contributed by atoms with van der Waals surface area (Å²) in [5.41, 5.74) is 1.15. The number of carbonyl (C=O) groups excluding carboxylic acids is 1. The van der Waals surface area contributed by atoms with Crippen LogP contribution in [0.25, 0.3) is 0 Å². The molecule has 0 aromatic carbocycles. The molecule has 1 aliphatic heterocycles. The second-order valence-electron chi connectivity index (χ2n) is 7.36. The maximum atomic E-state index is 11.4. The number of cyclic esters (lactones) is 1. The Labute approximate surface area is 149 Å². The SMILES string of the molecule is CCCCCCCC/C=C\CCCCCCC1C(=O)OC1=C(C)C. The Bertz CT molecular complexity index is 402. The lowest BCUT2D eigenvalue weighted by Crippen LogP contribution is -2.33. The van der Waals surface area contributed by atoms with Gasteiger partial charge in [-0.05, 0) is 51.5 Å². The molecule has 1 atom stereocenters. The highest BCUT2D eigenvalue weighted by Crippen LogP contribution is 2.33. The van der Waals surface area contributed by atoms with Crippen molar-refractivity contribution in [1.29, 1.82) is 0 Å². The van der Waals surface area contributed by atoms with E-state index in [1.807, 2.05) is 13.8 Å². The van der Waals surface area contributed by atoms with Crippen LogP contribution in [0.2, 0.25) is 0 Å². The molecule has 0 radical (unpaired) electrons. The molecule has 1 saturated heterocycles. The molecule has 0 bridgehead atoms. The minimum atomic E-state index is -0.0242. The van der Waals surface area contributed by atoms with Gasteiger partial charge in [-0.3, -0.25) is 4.79 Å². The first-order chi connectivity index (χ1) is 11.7. The first-order valence-corrected chi connectivity index (χ1v) is 10.2. The van der Waals surface area contributed by atoms with E-state index >= 15 is 0 Å². The Balaban J connectivity index is 1.88. The lowest BCUT2D eigenvalue weighted by atomic mass is 9.92. The zero-order valence-corrected chi connectivity index (χ0v) is 16.2. The standard InChI is InChI=1S/C22H38O2/c1-4-5-6-7-8-9-10-11-12-13-14-15-16-17-18-20-21(19(2)3)24-22(20)23/h11-12,20H,4-10,13-18H2,1-3H3/b12-11-. The molecule has 0 aromatic heterocycles. The number of rotatable bonds is 14.